The van der Waals surface area contributed by atoms with Crippen LogP contribution in [0.4, 0.5) is 0 Å². The molecule has 0 aromatic rings. The van der Waals surface area contributed by atoms with Crippen LogP contribution in [-0.4, -0.2) is 49.6 Å². The van der Waals surface area contributed by atoms with Crippen LogP contribution in [0.5, 0.6) is 0 Å². The Balaban J connectivity index is 2.22. The zero-order valence-electron chi connectivity index (χ0n) is 10.8. The zero-order valence-corrected chi connectivity index (χ0v) is 10.8. The largest absolute Gasteiger partial charge is 0.352 e. The number of carbonyl (C=O) groups excluding carboxylic acids is 1. The van der Waals surface area contributed by atoms with Crippen LogP contribution in [-0.2, 0) is 4.79 Å². The lowest BCUT2D eigenvalue weighted by atomic mass is 10.1. The maximum Gasteiger partial charge on any atom is 0.221 e. The minimum absolute atomic E-state index is 0.175. The lowest BCUT2D eigenvalue weighted by Gasteiger charge is -2.30. The van der Waals surface area contributed by atoms with Crippen LogP contribution < -0.4 is 10.6 Å². The summed E-state index contributed by atoms with van der Waals surface area (Å²) in [5, 5.41) is 6.37. The quantitative estimate of drug-likeness (QED) is 0.722. The second-order valence-electron chi connectivity index (χ2n) is 4.83. The van der Waals surface area contributed by atoms with Crippen molar-refractivity contribution < 1.29 is 4.79 Å². The molecule has 2 atom stereocenters. The number of nitrogens with one attached hydrogen (secondary N) is 2. The van der Waals surface area contributed by atoms with Gasteiger partial charge in [-0.3, -0.25) is 4.79 Å². The summed E-state index contributed by atoms with van der Waals surface area (Å²) in [4.78, 5) is 14.0. The lowest BCUT2D eigenvalue weighted by Crippen LogP contribution is -2.47. The molecule has 2 N–H and O–H groups in total. The van der Waals surface area contributed by atoms with Crippen molar-refractivity contribution in [2.24, 2.45) is 0 Å². The highest BCUT2D eigenvalue weighted by Gasteiger charge is 2.19. The molecule has 0 aromatic carbocycles. The number of hydrogen-bond acceptors (Lipinski definition) is 3. The Labute approximate surface area is 98.8 Å². The van der Waals surface area contributed by atoms with Crippen LogP contribution in [0.15, 0.2) is 0 Å². The molecule has 16 heavy (non-hydrogen) atoms. The number of hydrogen-bond donors (Lipinski definition) is 2. The molecule has 1 heterocycles. The van der Waals surface area contributed by atoms with Gasteiger partial charge in [0.2, 0.25) is 5.91 Å². The third-order valence-corrected chi connectivity index (χ3v) is 3.03. The molecule has 1 fully saturated rings. The first-order chi connectivity index (χ1) is 7.61. The number of carbonyl (C=O) groups is 1. The van der Waals surface area contributed by atoms with E-state index in [-0.39, 0.29) is 11.9 Å². The summed E-state index contributed by atoms with van der Waals surface area (Å²) < 4.78 is 0. The standard InChI is InChI=1S/C12H25N3O/c1-4-13-10(2)8-12(16)14-11-6-5-7-15(3)9-11/h10-11,13H,4-9H2,1-3H3,(H,14,16). The zero-order chi connectivity index (χ0) is 12.0. The number of rotatable bonds is 5. The molecule has 0 aliphatic carbocycles. The fourth-order valence-corrected chi connectivity index (χ4v) is 2.27. The first kappa shape index (κ1) is 13.5. The molecule has 0 spiro atoms. The summed E-state index contributed by atoms with van der Waals surface area (Å²) >= 11 is 0. The second-order valence-corrected chi connectivity index (χ2v) is 4.83. The predicted octanol–water partition coefficient (Wildman–Crippen LogP) is 0.585. The smallest absolute Gasteiger partial charge is 0.221 e. The van der Waals surface area contributed by atoms with Gasteiger partial charge >= 0.3 is 0 Å². The summed E-state index contributed by atoms with van der Waals surface area (Å²) in [5.74, 6) is 0.175. The van der Waals surface area contributed by atoms with Crippen molar-refractivity contribution >= 4 is 5.91 Å². The summed E-state index contributed by atoms with van der Waals surface area (Å²) in [6.07, 6.45) is 2.88. The van der Waals surface area contributed by atoms with Gasteiger partial charge in [-0.15, -0.1) is 0 Å². The van der Waals surface area contributed by atoms with E-state index in [2.05, 4.69) is 36.4 Å². The molecule has 0 radical (unpaired) electrons. The van der Waals surface area contributed by atoms with E-state index in [4.69, 9.17) is 0 Å². The summed E-state index contributed by atoms with van der Waals surface area (Å²) in [6.45, 7) is 7.17. The maximum absolute atomic E-state index is 11.7. The van der Waals surface area contributed by atoms with Crippen molar-refractivity contribution in [1.29, 1.82) is 0 Å². The fraction of sp³-hybridized carbons (Fsp3) is 0.917. The van der Waals surface area contributed by atoms with Crippen molar-refractivity contribution in [3.63, 3.8) is 0 Å². The molecule has 94 valence electrons. The van der Waals surface area contributed by atoms with E-state index in [1.165, 1.54) is 6.42 Å². The number of likely N-dealkylation sites (N-methyl/N-ethyl adjacent to an activating group) is 1. The summed E-state index contributed by atoms with van der Waals surface area (Å²) in [6, 6.07) is 0.617. The van der Waals surface area contributed by atoms with E-state index in [9.17, 15) is 4.79 Å². The molecule has 1 saturated heterocycles. The van der Waals surface area contributed by atoms with E-state index in [0.717, 1.165) is 26.1 Å². The number of amides is 1. The van der Waals surface area contributed by atoms with Crippen molar-refractivity contribution in [3.05, 3.63) is 0 Å². The molecule has 1 aliphatic rings. The lowest BCUT2D eigenvalue weighted by molar-refractivity contribution is -0.122. The molecule has 4 heteroatoms. The monoisotopic (exact) mass is 227 g/mol. The molecule has 1 aliphatic heterocycles. The SMILES string of the molecule is CCNC(C)CC(=O)NC1CCCN(C)C1. The fourth-order valence-electron chi connectivity index (χ4n) is 2.27. The van der Waals surface area contributed by atoms with Gasteiger partial charge in [-0.25, -0.2) is 0 Å². The molecule has 0 saturated carbocycles. The molecule has 0 bridgehead atoms. The van der Waals surface area contributed by atoms with Crippen molar-refractivity contribution in [2.45, 2.75) is 45.2 Å². The van der Waals surface area contributed by atoms with E-state index in [1.807, 2.05) is 0 Å². The Morgan fingerprint density at radius 2 is 2.31 bits per heavy atom. The van der Waals surface area contributed by atoms with Crippen LogP contribution in [0.25, 0.3) is 0 Å². The van der Waals surface area contributed by atoms with Gasteiger partial charge in [0, 0.05) is 25.0 Å². The van der Waals surface area contributed by atoms with Crippen molar-refractivity contribution in [3.8, 4) is 0 Å². The molecule has 1 rings (SSSR count). The third-order valence-electron chi connectivity index (χ3n) is 3.03. The number of likely N-dealkylation sites (tertiary alicyclic amines) is 1. The topological polar surface area (TPSA) is 44.4 Å². The normalized spacial score (nSPS) is 24.1. The Morgan fingerprint density at radius 1 is 1.56 bits per heavy atom. The molecule has 4 nitrogen and oxygen atoms in total. The van der Waals surface area contributed by atoms with E-state index in [0.29, 0.717) is 12.5 Å². The third kappa shape index (κ3) is 4.94. The Morgan fingerprint density at radius 3 is 2.94 bits per heavy atom. The Hall–Kier alpha value is -0.610. The van der Waals surface area contributed by atoms with Gasteiger partial charge < -0.3 is 15.5 Å². The van der Waals surface area contributed by atoms with Crippen molar-refractivity contribution in [1.82, 2.24) is 15.5 Å². The van der Waals surface area contributed by atoms with Gasteiger partial charge in [0.05, 0.1) is 0 Å². The maximum atomic E-state index is 11.7. The van der Waals surface area contributed by atoms with Crippen LogP contribution in [0.3, 0.4) is 0 Å². The van der Waals surface area contributed by atoms with Crippen LogP contribution in [0.1, 0.15) is 33.1 Å². The molecule has 0 aromatic heterocycles. The first-order valence-electron chi connectivity index (χ1n) is 6.33. The minimum Gasteiger partial charge on any atom is -0.352 e. The van der Waals surface area contributed by atoms with Gasteiger partial charge in [0.15, 0.2) is 0 Å². The highest BCUT2D eigenvalue weighted by atomic mass is 16.1. The molecular weight excluding hydrogens is 202 g/mol. The van der Waals surface area contributed by atoms with Crippen LogP contribution in [0.2, 0.25) is 0 Å². The number of piperidine rings is 1. The van der Waals surface area contributed by atoms with E-state index >= 15 is 0 Å². The minimum atomic E-state index is 0.175. The van der Waals surface area contributed by atoms with Gasteiger partial charge in [-0.05, 0) is 39.9 Å². The van der Waals surface area contributed by atoms with Gasteiger partial charge in [-0.2, -0.15) is 0 Å². The average molecular weight is 227 g/mol. The second kappa shape index (κ2) is 6.86. The van der Waals surface area contributed by atoms with Crippen LogP contribution >= 0.6 is 0 Å². The van der Waals surface area contributed by atoms with E-state index in [1.54, 1.807) is 0 Å². The first-order valence-corrected chi connectivity index (χ1v) is 6.33. The van der Waals surface area contributed by atoms with Gasteiger partial charge in [0.25, 0.3) is 0 Å². The van der Waals surface area contributed by atoms with Gasteiger partial charge in [0.1, 0.15) is 0 Å². The average Bonchev–Trinajstić information content (AvgIpc) is 2.17. The Bertz CT molecular complexity index is 220. The Kier molecular flexibility index (Phi) is 5.77. The highest BCUT2D eigenvalue weighted by molar-refractivity contribution is 5.76. The highest BCUT2D eigenvalue weighted by Crippen LogP contribution is 2.08. The van der Waals surface area contributed by atoms with Crippen LogP contribution in [0, 0.1) is 0 Å². The summed E-state index contributed by atoms with van der Waals surface area (Å²) in [7, 11) is 2.11. The molecular formula is C12H25N3O. The predicted molar refractivity (Wildman–Crippen MR) is 66.4 cm³/mol. The van der Waals surface area contributed by atoms with Crippen molar-refractivity contribution in [2.75, 3.05) is 26.7 Å². The summed E-state index contributed by atoms with van der Waals surface area (Å²) in [5.41, 5.74) is 0. The van der Waals surface area contributed by atoms with E-state index < -0.39 is 0 Å². The molecule has 1 amide bonds. The molecule has 2 unspecified atom stereocenters. The number of nitrogens with zero attached hydrogens (tertiary/aromatic N) is 1. The van der Waals surface area contributed by atoms with Gasteiger partial charge in [-0.1, -0.05) is 6.92 Å².